The van der Waals surface area contributed by atoms with Gasteiger partial charge in [0.25, 0.3) is 0 Å². The van der Waals surface area contributed by atoms with Gasteiger partial charge in [0.15, 0.2) is 5.96 Å². The molecule has 0 amide bonds. The maximum Gasteiger partial charge on any atom is 0.392 e. The normalized spacial score (nSPS) is 25.8. The Balaban J connectivity index is 2.54. The van der Waals surface area contributed by atoms with Gasteiger partial charge in [-0.1, -0.05) is 18.9 Å². The lowest BCUT2D eigenvalue weighted by atomic mass is 9.79. The number of aliphatic imine (C=N–C) groups is 1. The summed E-state index contributed by atoms with van der Waals surface area (Å²) in [7, 11) is 0. The molecule has 0 aromatic carbocycles. The maximum atomic E-state index is 12.8. The summed E-state index contributed by atoms with van der Waals surface area (Å²) in [6.07, 6.45) is -0.237. The molecule has 0 spiro atoms. The van der Waals surface area contributed by atoms with Crippen molar-refractivity contribution >= 4 is 5.96 Å². The number of nitrogens with zero attached hydrogens (tertiary/aromatic N) is 1. The Bertz CT molecular complexity index is 299. The van der Waals surface area contributed by atoms with E-state index in [1.165, 1.54) is 0 Å². The number of rotatable bonds is 4. The van der Waals surface area contributed by atoms with Gasteiger partial charge in [-0.05, 0) is 18.8 Å². The van der Waals surface area contributed by atoms with E-state index in [1.54, 1.807) is 6.08 Å². The van der Waals surface area contributed by atoms with E-state index in [0.29, 0.717) is 19.4 Å². The summed E-state index contributed by atoms with van der Waals surface area (Å²) in [6.45, 7) is 4.11. The molecule has 3 nitrogen and oxygen atoms in total. The number of nitrogens with two attached hydrogens (primary N) is 1. The van der Waals surface area contributed by atoms with Gasteiger partial charge < -0.3 is 11.1 Å². The average Bonchev–Trinajstić information content (AvgIpc) is 2.33. The average molecular weight is 263 g/mol. The Morgan fingerprint density at radius 2 is 2.06 bits per heavy atom. The first-order chi connectivity index (χ1) is 8.45. The van der Waals surface area contributed by atoms with Crippen LogP contribution in [0.1, 0.15) is 25.7 Å². The topological polar surface area (TPSA) is 50.4 Å². The molecule has 0 saturated heterocycles. The molecule has 0 radical (unpaired) electrons. The molecular formula is C12H20F3N3. The number of guanidine groups is 1. The smallest absolute Gasteiger partial charge is 0.370 e. The standard InChI is InChI=1S/C12H20F3N3/c1-2-7-17-11(16)18-8-9-5-3-4-6-10(9)12(13,14)15/h2,9-10H,1,3-8H2,(H3,16,17,18)/t9-,10-/m1/s1. The fourth-order valence-electron chi connectivity index (χ4n) is 2.31. The highest BCUT2D eigenvalue weighted by Gasteiger charge is 2.45. The predicted octanol–water partition coefficient (Wildman–Crippen LogP) is 2.45. The van der Waals surface area contributed by atoms with Crippen LogP contribution < -0.4 is 11.1 Å². The minimum Gasteiger partial charge on any atom is -0.370 e. The second kappa shape index (κ2) is 6.66. The highest BCUT2D eigenvalue weighted by Crippen LogP contribution is 2.41. The zero-order chi connectivity index (χ0) is 13.6. The molecule has 18 heavy (non-hydrogen) atoms. The van der Waals surface area contributed by atoms with Gasteiger partial charge in [0.1, 0.15) is 0 Å². The van der Waals surface area contributed by atoms with E-state index < -0.39 is 18.0 Å². The van der Waals surface area contributed by atoms with Crippen molar-refractivity contribution in [2.45, 2.75) is 31.9 Å². The van der Waals surface area contributed by atoms with Gasteiger partial charge in [0, 0.05) is 13.1 Å². The van der Waals surface area contributed by atoms with Crippen molar-refractivity contribution in [2.75, 3.05) is 13.1 Å². The van der Waals surface area contributed by atoms with Crippen LogP contribution in [-0.4, -0.2) is 25.2 Å². The van der Waals surface area contributed by atoms with Crippen LogP contribution in [0.25, 0.3) is 0 Å². The predicted molar refractivity (Wildman–Crippen MR) is 66.2 cm³/mol. The lowest BCUT2D eigenvalue weighted by Gasteiger charge is -2.32. The number of nitrogens with one attached hydrogen (secondary N) is 1. The summed E-state index contributed by atoms with van der Waals surface area (Å²) >= 11 is 0. The molecule has 0 aromatic rings. The van der Waals surface area contributed by atoms with Crippen molar-refractivity contribution in [3.63, 3.8) is 0 Å². The Labute approximate surface area is 105 Å². The molecule has 104 valence electrons. The van der Waals surface area contributed by atoms with E-state index >= 15 is 0 Å². The van der Waals surface area contributed by atoms with Crippen LogP contribution in [0.3, 0.4) is 0 Å². The van der Waals surface area contributed by atoms with Gasteiger partial charge in [-0.25, -0.2) is 0 Å². The zero-order valence-corrected chi connectivity index (χ0v) is 10.3. The minimum atomic E-state index is -4.12. The second-order valence-corrected chi connectivity index (χ2v) is 4.59. The first-order valence-corrected chi connectivity index (χ1v) is 6.16. The van der Waals surface area contributed by atoms with E-state index in [2.05, 4.69) is 16.9 Å². The third-order valence-corrected chi connectivity index (χ3v) is 3.25. The molecule has 2 atom stereocenters. The van der Waals surface area contributed by atoms with Gasteiger partial charge in [-0.2, -0.15) is 13.2 Å². The zero-order valence-electron chi connectivity index (χ0n) is 10.3. The van der Waals surface area contributed by atoms with Crippen molar-refractivity contribution in [2.24, 2.45) is 22.6 Å². The summed E-state index contributed by atoms with van der Waals surface area (Å²) in [5.41, 5.74) is 5.54. The van der Waals surface area contributed by atoms with Gasteiger partial charge in [0.2, 0.25) is 0 Å². The molecule has 0 aliphatic heterocycles. The molecule has 3 N–H and O–H groups in total. The molecule has 1 aliphatic carbocycles. The summed E-state index contributed by atoms with van der Waals surface area (Å²) < 4.78 is 38.4. The van der Waals surface area contributed by atoms with Crippen LogP contribution in [0, 0.1) is 11.8 Å². The van der Waals surface area contributed by atoms with Crippen LogP contribution in [0.5, 0.6) is 0 Å². The first kappa shape index (κ1) is 14.9. The van der Waals surface area contributed by atoms with E-state index in [0.717, 1.165) is 6.42 Å². The summed E-state index contributed by atoms with van der Waals surface area (Å²) in [5, 5.41) is 2.75. The maximum absolute atomic E-state index is 12.8. The van der Waals surface area contributed by atoms with Crippen LogP contribution >= 0.6 is 0 Å². The lowest BCUT2D eigenvalue weighted by molar-refractivity contribution is -0.195. The lowest BCUT2D eigenvalue weighted by Crippen LogP contribution is -2.36. The molecule has 1 saturated carbocycles. The highest BCUT2D eigenvalue weighted by atomic mass is 19.4. The monoisotopic (exact) mass is 263 g/mol. The molecule has 0 bridgehead atoms. The van der Waals surface area contributed by atoms with Crippen molar-refractivity contribution in [1.29, 1.82) is 0 Å². The Kier molecular flexibility index (Phi) is 5.50. The fourth-order valence-corrected chi connectivity index (χ4v) is 2.31. The summed E-state index contributed by atoms with van der Waals surface area (Å²) in [5.74, 6) is -1.49. The third-order valence-electron chi connectivity index (χ3n) is 3.25. The fraction of sp³-hybridized carbons (Fsp3) is 0.750. The van der Waals surface area contributed by atoms with Crippen molar-refractivity contribution in [3.8, 4) is 0 Å². The van der Waals surface area contributed by atoms with Gasteiger partial charge in [0.05, 0.1) is 5.92 Å². The van der Waals surface area contributed by atoms with Crippen LogP contribution in [0.2, 0.25) is 0 Å². The quantitative estimate of drug-likeness (QED) is 0.465. The molecule has 6 heteroatoms. The van der Waals surface area contributed by atoms with Crippen molar-refractivity contribution in [1.82, 2.24) is 5.32 Å². The molecule has 1 rings (SSSR count). The van der Waals surface area contributed by atoms with Crippen LogP contribution in [0.4, 0.5) is 13.2 Å². The van der Waals surface area contributed by atoms with E-state index in [9.17, 15) is 13.2 Å². The molecule has 0 unspecified atom stereocenters. The molecular weight excluding hydrogens is 243 g/mol. The molecule has 0 aromatic heterocycles. The van der Waals surface area contributed by atoms with E-state index in [-0.39, 0.29) is 18.9 Å². The van der Waals surface area contributed by atoms with Gasteiger partial charge in [-0.3, -0.25) is 4.99 Å². The molecule has 1 fully saturated rings. The summed E-state index contributed by atoms with van der Waals surface area (Å²) in [6, 6.07) is 0. The molecule has 0 heterocycles. The number of hydrogen-bond acceptors (Lipinski definition) is 1. The summed E-state index contributed by atoms with van der Waals surface area (Å²) in [4.78, 5) is 3.98. The van der Waals surface area contributed by atoms with E-state index in [4.69, 9.17) is 5.73 Å². The first-order valence-electron chi connectivity index (χ1n) is 6.16. The van der Waals surface area contributed by atoms with E-state index in [1.807, 2.05) is 0 Å². The largest absolute Gasteiger partial charge is 0.392 e. The number of hydrogen-bond donors (Lipinski definition) is 2. The Morgan fingerprint density at radius 3 is 2.67 bits per heavy atom. The third kappa shape index (κ3) is 4.58. The second-order valence-electron chi connectivity index (χ2n) is 4.59. The number of halogens is 3. The van der Waals surface area contributed by atoms with Gasteiger partial charge in [-0.15, -0.1) is 6.58 Å². The highest BCUT2D eigenvalue weighted by molar-refractivity contribution is 5.77. The SMILES string of the molecule is C=CCNC(N)=NC[C@H]1CCCC[C@H]1C(F)(F)F. The van der Waals surface area contributed by atoms with Crippen LogP contribution in [-0.2, 0) is 0 Å². The number of alkyl halides is 3. The van der Waals surface area contributed by atoms with Crippen LogP contribution in [0.15, 0.2) is 17.6 Å². The van der Waals surface area contributed by atoms with Crippen molar-refractivity contribution in [3.05, 3.63) is 12.7 Å². The van der Waals surface area contributed by atoms with Gasteiger partial charge >= 0.3 is 6.18 Å². The minimum absolute atomic E-state index is 0.139. The van der Waals surface area contributed by atoms with Crippen molar-refractivity contribution < 1.29 is 13.2 Å². The Hall–Kier alpha value is -1.20. The Morgan fingerprint density at radius 1 is 1.39 bits per heavy atom. The molecule has 1 aliphatic rings.